The number of guanidine groups is 1. The molecule has 0 unspecified atom stereocenters. The zero-order chi connectivity index (χ0) is 18.7. The number of nitrogens with one attached hydrogen (secondary N) is 2. The summed E-state index contributed by atoms with van der Waals surface area (Å²) in [5.74, 6) is 0.761. The van der Waals surface area contributed by atoms with Crippen molar-refractivity contribution in [2.75, 3.05) is 39.9 Å². The van der Waals surface area contributed by atoms with Gasteiger partial charge in [0.05, 0.1) is 0 Å². The number of carbonyl (C=O) groups is 1. The molecule has 1 rings (SSSR count). The summed E-state index contributed by atoms with van der Waals surface area (Å²) < 4.78 is 10.8. The molecule has 7 nitrogen and oxygen atoms in total. The molecule has 0 aromatic rings. The average Bonchev–Trinajstić information content (AvgIpc) is 3.35. The van der Waals surface area contributed by atoms with Crippen LogP contribution in [0.2, 0.25) is 0 Å². The lowest BCUT2D eigenvalue weighted by Crippen LogP contribution is -2.45. The Labute approximate surface area is 175 Å². The molecule has 1 aliphatic carbocycles. The minimum Gasteiger partial charge on any atom is -0.444 e. The first-order valence-electron chi connectivity index (χ1n) is 9.39. The second kappa shape index (κ2) is 13.4. The van der Waals surface area contributed by atoms with Crippen LogP contribution in [0.3, 0.4) is 0 Å². The third-order valence-electron chi connectivity index (χ3n) is 3.70. The van der Waals surface area contributed by atoms with Gasteiger partial charge >= 0.3 is 6.09 Å². The lowest BCUT2D eigenvalue weighted by Gasteiger charge is -2.27. The van der Waals surface area contributed by atoms with E-state index < -0.39 is 5.60 Å². The Morgan fingerprint density at radius 1 is 1.19 bits per heavy atom. The van der Waals surface area contributed by atoms with Gasteiger partial charge in [0.2, 0.25) is 0 Å². The highest BCUT2D eigenvalue weighted by molar-refractivity contribution is 14.0. The monoisotopic (exact) mass is 484 g/mol. The van der Waals surface area contributed by atoms with Crippen LogP contribution < -0.4 is 10.6 Å². The molecule has 0 bridgehead atoms. The van der Waals surface area contributed by atoms with Crippen LogP contribution in [-0.2, 0) is 9.47 Å². The van der Waals surface area contributed by atoms with Gasteiger partial charge in [-0.3, -0.25) is 4.99 Å². The number of rotatable bonds is 10. The molecule has 0 atom stereocenters. The molecule has 0 aliphatic heterocycles. The molecular formula is C18H37IN4O3. The summed E-state index contributed by atoms with van der Waals surface area (Å²) in [6, 6.07) is 0.324. The van der Waals surface area contributed by atoms with E-state index in [9.17, 15) is 4.79 Å². The normalized spacial score (nSPS) is 14.4. The number of halogens is 1. The minimum absolute atomic E-state index is 0. The minimum atomic E-state index is -0.462. The largest absolute Gasteiger partial charge is 0.444 e. The third-order valence-corrected chi connectivity index (χ3v) is 3.70. The van der Waals surface area contributed by atoms with Crippen molar-refractivity contribution in [3.63, 3.8) is 0 Å². The first-order valence-corrected chi connectivity index (χ1v) is 9.39. The molecule has 0 heterocycles. The molecule has 2 N–H and O–H groups in total. The zero-order valence-electron chi connectivity index (χ0n) is 17.0. The molecule has 0 aromatic heterocycles. The Hall–Kier alpha value is -0.770. The van der Waals surface area contributed by atoms with Crippen molar-refractivity contribution in [3.8, 4) is 0 Å². The van der Waals surface area contributed by atoms with E-state index in [0.717, 1.165) is 51.4 Å². The highest BCUT2D eigenvalue weighted by Gasteiger charge is 2.34. The van der Waals surface area contributed by atoms with Crippen molar-refractivity contribution in [2.45, 2.75) is 65.0 Å². The Bertz CT molecular complexity index is 423. The molecule has 1 saturated carbocycles. The Kier molecular flexibility index (Phi) is 13.0. The van der Waals surface area contributed by atoms with Gasteiger partial charge in [-0.25, -0.2) is 4.79 Å². The van der Waals surface area contributed by atoms with Gasteiger partial charge in [0.25, 0.3) is 0 Å². The molecule has 1 amide bonds. The van der Waals surface area contributed by atoms with E-state index in [2.05, 4.69) is 15.6 Å². The zero-order valence-corrected chi connectivity index (χ0v) is 19.3. The topological polar surface area (TPSA) is 75.2 Å². The molecule has 154 valence electrons. The van der Waals surface area contributed by atoms with Crippen LogP contribution >= 0.6 is 24.0 Å². The van der Waals surface area contributed by atoms with Crippen molar-refractivity contribution in [1.29, 1.82) is 0 Å². The Balaban J connectivity index is 0.00000625. The number of hydrogen-bond donors (Lipinski definition) is 2. The van der Waals surface area contributed by atoms with Crippen molar-refractivity contribution < 1.29 is 14.3 Å². The lowest BCUT2D eigenvalue weighted by atomic mass is 10.2. The van der Waals surface area contributed by atoms with Crippen LogP contribution in [-0.4, -0.2) is 68.5 Å². The van der Waals surface area contributed by atoms with Crippen molar-refractivity contribution in [2.24, 2.45) is 4.99 Å². The van der Waals surface area contributed by atoms with Crippen LogP contribution in [0.4, 0.5) is 4.79 Å². The van der Waals surface area contributed by atoms with Gasteiger partial charge in [-0.1, -0.05) is 0 Å². The quantitative estimate of drug-likeness (QED) is 0.216. The Morgan fingerprint density at radius 3 is 2.38 bits per heavy atom. The summed E-state index contributed by atoms with van der Waals surface area (Å²) in [7, 11) is 1.75. The number of amides is 1. The molecule has 8 heteroatoms. The van der Waals surface area contributed by atoms with Gasteiger partial charge in [0.1, 0.15) is 5.60 Å². The number of unbranched alkanes of at least 4 members (excludes halogenated alkanes) is 1. The van der Waals surface area contributed by atoms with E-state index in [0.29, 0.717) is 19.1 Å². The maximum absolute atomic E-state index is 12.3. The smallest absolute Gasteiger partial charge is 0.410 e. The summed E-state index contributed by atoms with van der Waals surface area (Å²) >= 11 is 0. The number of nitrogens with zero attached hydrogens (tertiary/aromatic N) is 2. The number of hydrogen-bond acceptors (Lipinski definition) is 4. The molecule has 0 saturated heterocycles. The van der Waals surface area contributed by atoms with E-state index >= 15 is 0 Å². The third kappa shape index (κ3) is 11.8. The van der Waals surface area contributed by atoms with Crippen LogP contribution in [0.25, 0.3) is 0 Å². The van der Waals surface area contributed by atoms with Crippen LogP contribution in [0, 0.1) is 0 Å². The predicted molar refractivity (Wildman–Crippen MR) is 116 cm³/mol. The first-order chi connectivity index (χ1) is 11.9. The predicted octanol–water partition coefficient (Wildman–Crippen LogP) is 2.99. The lowest BCUT2D eigenvalue weighted by molar-refractivity contribution is 0.0238. The van der Waals surface area contributed by atoms with Crippen molar-refractivity contribution in [3.05, 3.63) is 0 Å². The fourth-order valence-corrected chi connectivity index (χ4v) is 2.33. The van der Waals surface area contributed by atoms with Crippen LogP contribution in [0.15, 0.2) is 4.99 Å². The van der Waals surface area contributed by atoms with Gasteiger partial charge in [-0.2, -0.15) is 0 Å². The van der Waals surface area contributed by atoms with Crippen molar-refractivity contribution >= 4 is 36.0 Å². The highest BCUT2D eigenvalue weighted by atomic mass is 127. The van der Waals surface area contributed by atoms with Crippen molar-refractivity contribution in [1.82, 2.24) is 15.5 Å². The van der Waals surface area contributed by atoms with E-state index in [1.54, 1.807) is 7.05 Å². The number of aliphatic imine (C=N–C) groups is 1. The van der Waals surface area contributed by atoms with Gasteiger partial charge in [-0.15, -0.1) is 24.0 Å². The van der Waals surface area contributed by atoms with Gasteiger partial charge < -0.3 is 25.0 Å². The summed E-state index contributed by atoms with van der Waals surface area (Å²) in [6.45, 7) is 11.4. The molecule has 0 aromatic carbocycles. The van der Waals surface area contributed by atoms with Crippen LogP contribution in [0.5, 0.6) is 0 Å². The second-order valence-electron chi connectivity index (χ2n) is 7.23. The van der Waals surface area contributed by atoms with Crippen LogP contribution in [0.1, 0.15) is 53.4 Å². The average molecular weight is 484 g/mol. The molecule has 1 aliphatic rings. The maximum Gasteiger partial charge on any atom is 0.410 e. The first kappa shape index (κ1) is 25.2. The molecule has 26 heavy (non-hydrogen) atoms. The summed E-state index contributed by atoms with van der Waals surface area (Å²) in [5.41, 5.74) is -0.462. The second-order valence-corrected chi connectivity index (χ2v) is 7.23. The van der Waals surface area contributed by atoms with E-state index in [4.69, 9.17) is 9.47 Å². The standard InChI is InChI=1S/C18H36N4O3.HI/c1-6-24-14-8-7-11-20-16(19-5)21-12-13-22(15-9-10-15)17(23)25-18(2,3)4;/h15H,6-14H2,1-5H3,(H2,19,20,21);1H. The molecular weight excluding hydrogens is 447 g/mol. The highest BCUT2D eigenvalue weighted by Crippen LogP contribution is 2.27. The summed E-state index contributed by atoms with van der Waals surface area (Å²) in [5, 5.41) is 6.54. The summed E-state index contributed by atoms with van der Waals surface area (Å²) in [6.07, 6.45) is 3.97. The van der Waals surface area contributed by atoms with E-state index in [1.807, 2.05) is 32.6 Å². The maximum atomic E-state index is 12.3. The number of ether oxygens (including phenoxy) is 2. The Morgan fingerprint density at radius 2 is 1.85 bits per heavy atom. The number of carbonyl (C=O) groups excluding carboxylic acids is 1. The fraction of sp³-hybridized carbons (Fsp3) is 0.889. The molecule has 0 spiro atoms. The van der Waals surface area contributed by atoms with Gasteiger partial charge in [0.15, 0.2) is 5.96 Å². The molecule has 1 fully saturated rings. The SMILES string of the molecule is CCOCCCCNC(=NC)NCCN(C(=O)OC(C)(C)C)C1CC1.I. The van der Waals surface area contributed by atoms with Gasteiger partial charge in [0, 0.05) is 45.9 Å². The van der Waals surface area contributed by atoms with Gasteiger partial charge in [-0.05, 0) is 53.4 Å². The van der Waals surface area contributed by atoms with E-state index in [-0.39, 0.29) is 30.1 Å². The molecule has 0 radical (unpaired) electrons. The summed E-state index contributed by atoms with van der Waals surface area (Å²) in [4.78, 5) is 18.3. The van der Waals surface area contributed by atoms with E-state index in [1.165, 1.54) is 0 Å². The fourth-order valence-electron chi connectivity index (χ4n) is 2.33.